The van der Waals surface area contributed by atoms with Gasteiger partial charge in [0.15, 0.2) is 10.3 Å². The fourth-order valence-electron chi connectivity index (χ4n) is 1.85. The summed E-state index contributed by atoms with van der Waals surface area (Å²) in [6, 6.07) is 9.98. The van der Waals surface area contributed by atoms with E-state index in [0.29, 0.717) is 16.2 Å². The Morgan fingerprint density at radius 1 is 1.20 bits per heavy atom. The SMILES string of the molecule is CSc1nc(Cl)c2c(n1)OC(c1ccccc1)=C(C)S2. The fraction of sp³-hybridized carbons (Fsp3) is 0.143. The van der Waals surface area contributed by atoms with Crippen LogP contribution in [0.15, 0.2) is 45.3 Å². The fourth-order valence-corrected chi connectivity index (χ4v) is 3.40. The quantitative estimate of drug-likeness (QED) is 0.454. The molecular formula is C14H11ClN2OS2. The van der Waals surface area contributed by atoms with Gasteiger partial charge < -0.3 is 4.74 Å². The van der Waals surface area contributed by atoms with E-state index in [4.69, 9.17) is 16.3 Å². The van der Waals surface area contributed by atoms with Gasteiger partial charge in [0.2, 0.25) is 5.88 Å². The zero-order chi connectivity index (χ0) is 14.1. The summed E-state index contributed by atoms with van der Waals surface area (Å²) in [6.07, 6.45) is 1.91. The molecule has 1 aliphatic heterocycles. The molecule has 1 aromatic heterocycles. The van der Waals surface area contributed by atoms with Crippen molar-refractivity contribution in [1.82, 2.24) is 9.97 Å². The van der Waals surface area contributed by atoms with E-state index in [9.17, 15) is 0 Å². The first-order valence-corrected chi connectivity index (χ1v) is 8.34. The summed E-state index contributed by atoms with van der Waals surface area (Å²) in [6.45, 7) is 2.01. The zero-order valence-electron chi connectivity index (χ0n) is 10.9. The molecule has 20 heavy (non-hydrogen) atoms. The van der Waals surface area contributed by atoms with Gasteiger partial charge in [0, 0.05) is 10.5 Å². The standard InChI is InChI=1S/C14H11ClN2OS2/c1-8-10(9-6-4-3-5-7-9)18-13-11(20-8)12(15)16-14(17-13)19-2/h3-7H,1-2H3. The average Bonchev–Trinajstić information content (AvgIpc) is 2.48. The molecular weight excluding hydrogens is 312 g/mol. The van der Waals surface area contributed by atoms with Gasteiger partial charge in [0.1, 0.15) is 10.7 Å². The highest BCUT2D eigenvalue weighted by Crippen LogP contribution is 2.46. The maximum absolute atomic E-state index is 6.20. The Balaban J connectivity index is 2.05. The van der Waals surface area contributed by atoms with Crippen LogP contribution in [-0.4, -0.2) is 16.2 Å². The molecule has 0 N–H and O–H groups in total. The van der Waals surface area contributed by atoms with Crippen molar-refractivity contribution in [2.45, 2.75) is 17.0 Å². The molecule has 1 aromatic carbocycles. The molecule has 0 fully saturated rings. The van der Waals surface area contributed by atoms with E-state index < -0.39 is 0 Å². The second-order valence-corrected chi connectivity index (χ2v) is 6.45. The molecule has 2 heterocycles. The summed E-state index contributed by atoms with van der Waals surface area (Å²) in [5.74, 6) is 1.36. The molecule has 102 valence electrons. The van der Waals surface area contributed by atoms with Gasteiger partial charge in [-0.15, -0.1) is 0 Å². The van der Waals surface area contributed by atoms with E-state index in [1.54, 1.807) is 11.8 Å². The minimum absolute atomic E-state index is 0.441. The van der Waals surface area contributed by atoms with Crippen molar-refractivity contribution in [3.8, 4) is 5.88 Å². The molecule has 6 heteroatoms. The van der Waals surface area contributed by atoms with Crippen LogP contribution in [0.25, 0.3) is 5.76 Å². The van der Waals surface area contributed by atoms with Crippen LogP contribution in [0.3, 0.4) is 0 Å². The normalized spacial score (nSPS) is 13.9. The first kappa shape index (κ1) is 13.8. The zero-order valence-corrected chi connectivity index (χ0v) is 13.3. The Morgan fingerprint density at radius 3 is 2.65 bits per heavy atom. The predicted molar refractivity (Wildman–Crippen MR) is 84.3 cm³/mol. The van der Waals surface area contributed by atoms with Gasteiger partial charge in [-0.25, -0.2) is 4.98 Å². The number of benzene rings is 1. The lowest BCUT2D eigenvalue weighted by Gasteiger charge is -2.21. The van der Waals surface area contributed by atoms with Crippen LogP contribution in [0.2, 0.25) is 5.15 Å². The third kappa shape index (κ3) is 2.53. The molecule has 0 amide bonds. The summed E-state index contributed by atoms with van der Waals surface area (Å²) in [5, 5.41) is 1.05. The van der Waals surface area contributed by atoms with E-state index in [1.165, 1.54) is 11.8 Å². The van der Waals surface area contributed by atoms with E-state index >= 15 is 0 Å². The van der Waals surface area contributed by atoms with Crippen LogP contribution < -0.4 is 4.74 Å². The summed E-state index contributed by atoms with van der Waals surface area (Å²) in [7, 11) is 0. The lowest BCUT2D eigenvalue weighted by molar-refractivity contribution is 0.465. The minimum atomic E-state index is 0.441. The number of ether oxygens (including phenoxy) is 1. The number of thioether (sulfide) groups is 2. The number of hydrogen-bond acceptors (Lipinski definition) is 5. The summed E-state index contributed by atoms with van der Waals surface area (Å²) in [4.78, 5) is 10.5. The Bertz CT molecular complexity index is 689. The monoisotopic (exact) mass is 322 g/mol. The van der Waals surface area contributed by atoms with E-state index in [1.807, 2.05) is 43.5 Å². The summed E-state index contributed by atoms with van der Waals surface area (Å²) < 4.78 is 5.96. The van der Waals surface area contributed by atoms with Gasteiger partial charge >= 0.3 is 0 Å². The van der Waals surface area contributed by atoms with Gasteiger partial charge in [0.25, 0.3) is 0 Å². The Morgan fingerprint density at radius 2 is 1.95 bits per heavy atom. The Hall–Kier alpha value is -1.17. The van der Waals surface area contributed by atoms with Gasteiger partial charge in [0.05, 0.1) is 0 Å². The topological polar surface area (TPSA) is 35.0 Å². The van der Waals surface area contributed by atoms with E-state index in [0.717, 1.165) is 21.1 Å². The molecule has 3 nitrogen and oxygen atoms in total. The maximum Gasteiger partial charge on any atom is 0.239 e. The second-order valence-electron chi connectivity index (χ2n) is 4.09. The van der Waals surface area contributed by atoms with Crippen LogP contribution in [0, 0.1) is 0 Å². The number of hydrogen-bond donors (Lipinski definition) is 0. The average molecular weight is 323 g/mol. The molecule has 0 bridgehead atoms. The third-order valence-electron chi connectivity index (χ3n) is 2.76. The molecule has 1 aliphatic rings. The predicted octanol–water partition coefficient (Wildman–Crippen LogP) is 4.73. The maximum atomic E-state index is 6.20. The van der Waals surface area contributed by atoms with Crippen LogP contribution in [0.1, 0.15) is 12.5 Å². The molecule has 0 radical (unpaired) electrons. The highest BCUT2D eigenvalue weighted by atomic mass is 35.5. The van der Waals surface area contributed by atoms with Crippen molar-refractivity contribution in [2.75, 3.05) is 6.26 Å². The second kappa shape index (κ2) is 5.68. The molecule has 0 aliphatic carbocycles. The number of allylic oxidation sites excluding steroid dienone is 1. The van der Waals surface area contributed by atoms with E-state index in [-0.39, 0.29) is 0 Å². The van der Waals surface area contributed by atoms with Crippen molar-refractivity contribution in [1.29, 1.82) is 0 Å². The van der Waals surface area contributed by atoms with Gasteiger partial charge in [-0.2, -0.15) is 4.98 Å². The first-order valence-electron chi connectivity index (χ1n) is 5.92. The number of halogens is 1. The molecule has 0 saturated carbocycles. The summed E-state index contributed by atoms with van der Waals surface area (Å²) in [5.41, 5.74) is 1.03. The van der Waals surface area contributed by atoms with Crippen molar-refractivity contribution in [2.24, 2.45) is 0 Å². The van der Waals surface area contributed by atoms with Gasteiger partial charge in [-0.1, -0.05) is 65.5 Å². The molecule has 2 aromatic rings. The molecule has 3 rings (SSSR count). The van der Waals surface area contributed by atoms with E-state index in [2.05, 4.69) is 9.97 Å². The van der Waals surface area contributed by atoms with Crippen molar-refractivity contribution in [3.63, 3.8) is 0 Å². The van der Waals surface area contributed by atoms with Crippen LogP contribution in [0.4, 0.5) is 0 Å². The number of rotatable bonds is 2. The minimum Gasteiger partial charge on any atom is -0.436 e. The smallest absolute Gasteiger partial charge is 0.239 e. The van der Waals surface area contributed by atoms with Crippen LogP contribution in [-0.2, 0) is 0 Å². The molecule has 0 atom stereocenters. The highest BCUT2D eigenvalue weighted by molar-refractivity contribution is 8.03. The molecule has 0 saturated heterocycles. The van der Waals surface area contributed by atoms with Gasteiger partial charge in [-0.05, 0) is 13.2 Å². The number of nitrogens with zero attached hydrogens (tertiary/aromatic N) is 2. The molecule has 0 spiro atoms. The van der Waals surface area contributed by atoms with Crippen LogP contribution >= 0.6 is 35.1 Å². The Labute approximate surface area is 130 Å². The van der Waals surface area contributed by atoms with Crippen molar-refractivity contribution in [3.05, 3.63) is 46.0 Å². The Kier molecular flexibility index (Phi) is 3.92. The lowest BCUT2D eigenvalue weighted by Crippen LogP contribution is -2.06. The number of aromatic nitrogens is 2. The molecule has 0 unspecified atom stereocenters. The lowest BCUT2D eigenvalue weighted by atomic mass is 10.2. The number of fused-ring (bicyclic) bond motifs is 1. The van der Waals surface area contributed by atoms with Gasteiger partial charge in [-0.3, -0.25) is 0 Å². The van der Waals surface area contributed by atoms with Crippen LogP contribution in [0.5, 0.6) is 5.88 Å². The highest BCUT2D eigenvalue weighted by Gasteiger charge is 2.24. The third-order valence-corrected chi connectivity index (χ3v) is 4.76. The summed E-state index contributed by atoms with van der Waals surface area (Å²) >= 11 is 9.19. The van der Waals surface area contributed by atoms with Crippen molar-refractivity contribution < 1.29 is 4.74 Å². The first-order chi connectivity index (χ1) is 9.69. The largest absolute Gasteiger partial charge is 0.436 e. The van der Waals surface area contributed by atoms with Crippen molar-refractivity contribution >= 4 is 40.9 Å².